The molecule has 0 radical (unpaired) electrons. The van der Waals surface area contributed by atoms with Crippen molar-refractivity contribution in [2.45, 2.75) is 19.8 Å². The van der Waals surface area contributed by atoms with Crippen LogP contribution < -0.4 is 0 Å². The van der Waals surface area contributed by atoms with E-state index >= 15 is 0 Å². The third-order valence-electron chi connectivity index (χ3n) is 2.53. The highest BCUT2D eigenvalue weighted by Crippen LogP contribution is 2.17. The number of aromatic nitrogens is 3. The number of benzene rings is 1. The summed E-state index contributed by atoms with van der Waals surface area (Å²) < 4.78 is 3.01. The molecule has 0 aliphatic rings. The van der Waals surface area contributed by atoms with Crippen molar-refractivity contribution >= 4 is 15.9 Å². The summed E-state index contributed by atoms with van der Waals surface area (Å²) in [6.45, 7) is 1.92. The lowest BCUT2D eigenvalue weighted by atomic mass is 10.1. The van der Waals surface area contributed by atoms with Crippen molar-refractivity contribution in [2.75, 3.05) is 0 Å². The Morgan fingerprint density at radius 3 is 2.62 bits per heavy atom. The van der Waals surface area contributed by atoms with E-state index in [0.29, 0.717) is 0 Å². The molecule has 3 nitrogen and oxygen atoms in total. The molecular formula is C12H14BrN3. The molecule has 0 aliphatic heterocycles. The normalized spacial score (nSPS) is 10.7. The van der Waals surface area contributed by atoms with Crippen molar-refractivity contribution in [3.05, 3.63) is 46.0 Å². The number of halogens is 1. The maximum Gasteiger partial charge on any atom is 0.147 e. The second-order valence-electron chi connectivity index (χ2n) is 3.79. The quantitative estimate of drug-likeness (QED) is 0.865. The Kier molecular flexibility index (Phi) is 3.39. The van der Waals surface area contributed by atoms with Gasteiger partial charge >= 0.3 is 0 Å². The third-order valence-corrected chi connectivity index (χ3v) is 3.31. The fraction of sp³-hybridized carbons (Fsp3) is 0.333. The van der Waals surface area contributed by atoms with Gasteiger partial charge in [-0.2, -0.15) is 5.10 Å². The van der Waals surface area contributed by atoms with Crippen LogP contribution in [-0.4, -0.2) is 14.8 Å². The molecule has 0 spiro atoms. The van der Waals surface area contributed by atoms with Crippen molar-refractivity contribution in [3.63, 3.8) is 0 Å². The van der Waals surface area contributed by atoms with Crippen LogP contribution in [-0.2, 0) is 19.9 Å². The molecule has 1 aromatic heterocycles. The molecule has 16 heavy (non-hydrogen) atoms. The van der Waals surface area contributed by atoms with Gasteiger partial charge in [-0.3, -0.25) is 4.68 Å². The van der Waals surface area contributed by atoms with Crippen LogP contribution in [0, 0.1) is 6.92 Å². The Balaban J connectivity index is 2.08. The second kappa shape index (κ2) is 4.78. The van der Waals surface area contributed by atoms with Crippen LogP contribution in [0.25, 0.3) is 0 Å². The Morgan fingerprint density at radius 2 is 2.00 bits per heavy atom. The molecule has 0 fully saturated rings. The topological polar surface area (TPSA) is 30.7 Å². The van der Waals surface area contributed by atoms with Crippen LogP contribution >= 0.6 is 15.9 Å². The Labute approximate surface area is 104 Å². The first-order chi connectivity index (χ1) is 7.66. The van der Waals surface area contributed by atoms with Crippen molar-refractivity contribution in [2.24, 2.45) is 7.05 Å². The predicted molar refractivity (Wildman–Crippen MR) is 67.3 cm³/mol. The average molecular weight is 280 g/mol. The molecule has 0 aliphatic carbocycles. The highest BCUT2D eigenvalue weighted by Gasteiger charge is 2.05. The van der Waals surface area contributed by atoms with Gasteiger partial charge in [-0.25, -0.2) is 4.98 Å². The SMILES string of the molecule is Cc1nc(CCc2ccccc2Br)n(C)n1. The summed E-state index contributed by atoms with van der Waals surface area (Å²) in [6.07, 6.45) is 1.90. The number of hydrogen-bond acceptors (Lipinski definition) is 2. The van der Waals surface area contributed by atoms with Gasteiger partial charge in [0.25, 0.3) is 0 Å². The zero-order valence-electron chi connectivity index (χ0n) is 9.44. The number of nitrogens with zero attached hydrogens (tertiary/aromatic N) is 3. The van der Waals surface area contributed by atoms with Crippen molar-refractivity contribution in [1.29, 1.82) is 0 Å². The van der Waals surface area contributed by atoms with E-state index in [9.17, 15) is 0 Å². The van der Waals surface area contributed by atoms with E-state index < -0.39 is 0 Å². The zero-order valence-corrected chi connectivity index (χ0v) is 11.0. The molecule has 0 atom stereocenters. The minimum absolute atomic E-state index is 0.838. The maximum atomic E-state index is 4.39. The fourth-order valence-corrected chi connectivity index (χ4v) is 2.20. The summed E-state index contributed by atoms with van der Waals surface area (Å²) in [6, 6.07) is 8.28. The van der Waals surface area contributed by atoms with E-state index in [1.807, 2.05) is 24.7 Å². The Morgan fingerprint density at radius 1 is 1.25 bits per heavy atom. The lowest BCUT2D eigenvalue weighted by molar-refractivity contribution is 0.689. The van der Waals surface area contributed by atoms with Gasteiger partial charge in [-0.05, 0) is 25.0 Å². The standard InChI is InChI=1S/C12H14BrN3/c1-9-14-12(16(2)15-9)8-7-10-5-3-4-6-11(10)13/h3-6H,7-8H2,1-2H3. The van der Waals surface area contributed by atoms with Gasteiger partial charge in [0.2, 0.25) is 0 Å². The van der Waals surface area contributed by atoms with Crippen molar-refractivity contribution < 1.29 is 0 Å². The van der Waals surface area contributed by atoms with E-state index in [4.69, 9.17) is 0 Å². The Bertz CT molecular complexity index is 491. The van der Waals surface area contributed by atoms with E-state index in [-0.39, 0.29) is 0 Å². The molecule has 84 valence electrons. The molecule has 0 bridgehead atoms. The van der Waals surface area contributed by atoms with Gasteiger partial charge in [0.1, 0.15) is 11.6 Å². The summed E-state index contributed by atoms with van der Waals surface area (Å²) >= 11 is 3.55. The van der Waals surface area contributed by atoms with Crippen LogP contribution in [0.4, 0.5) is 0 Å². The van der Waals surface area contributed by atoms with Crippen molar-refractivity contribution in [1.82, 2.24) is 14.8 Å². The van der Waals surface area contributed by atoms with E-state index in [2.05, 4.69) is 44.2 Å². The monoisotopic (exact) mass is 279 g/mol. The number of aryl methyl sites for hydroxylation is 4. The second-order valence-corrected chi connectivity index (χ2v) is 4.64. The van der Waals surface area contributed by atoms with E-state index in [1.165, 1.54) is 5.56 Å². The largest absolute Gasteiger partial charge is 0.253 e. The smallest absolute Gasteiger partial charge is 0.147 e. The number of hydrogen-bond donors (Lipinski definition) is 0. The minimum atomic E-state index is 0.838. The van der Waals surface area contributed by atoms with Crippen LogP contribution in [0.1, 0.15) is 17.2 Å². The van der Waals surface area contributed by atoms with Crippen LogP contribution in [0.3, 0.4) is 0 Å². The van der Waals surface area contributed by atoms with Crippen molar-refractivity contribution in [3.8, 4) is 0 Å². The predicted octanol–water partition coefficient (Wildman–Crippen LogP) is 2.67. The highest BCUT2D eigenvalue weighted by molar-refractivity contribution is 9.10. The molecule has 0 saturated heterocycles. The third kappa shape index (κ3) is 2.50. The minimum Gasteiger partial charge on any atom is -0.253 e. The van der Waals surface area contributed by atoms with Crippen LogP contribution in [0.15, 0.2) is 28.7 Å². The van der Waals surface area contributed by atoms with Gasteiger partial charge in [0, 0.05) is 17.9 Å². The molecule has 0 saturated carbocycles. The summed E-state index contributed by atoms with van der Waals surface area (Å²) in [5.74, 6) is 1.87. The molecular weight excluding hydrogens is 266 g/mol. The summed E-state index contributed by atoms with van der Waals surface area (Å²) in [5.41, 5.74) is 1.31. The summed E-state index contributed by atoms with van der Waals surface area (Å²) in [5, 5.41) is 4.24. The first-order valence-electron chi connectivity index (χ1n) is 5.27. The molecule has 2 rings (SSSR count). The molecule has 0 N–H and O–H groups in total. The lowest BCUT2D eigenvalue weighted by Gasteiger charge is -2.03. The molecule has 4 heteroatoms. The van der Waals surface area contributed by atoms with Gasteiger partial charge < -0.3 is 0 Å². The molecule has 1 heterocycles. The molecule has 0 amide bonds. The average Bonchev–Trinajstić information content (AvgIpc) is 2.56. The van der Waals surface area contributed by atoms with E-state index in [0.717, 1.165) is 29.0 Å². The number of rotatable bonds is 3. The lowest BCUT2D eigenvalue weighted by Crippen LogP contribution is -2.01. The maximum absolute atomic E-state index is 4.39. The molecule has 0 unspecified atom stereocenters. The summed E-state index contributed by atoms with van der Waals surface area (Å²) in [4.78, 5) is 4.39. The first-order valence-corrected chi connectivity index (χ1v) is 6.06. The first kappa shape index (κ1) is 11.3. The molecule has 1 aromatic carbocycles. The Hall–Kier alpha value is -1.16. The zero-order chi connectivity index (χ0) is 11.5. The van der Waals surface area contributed by atoms with E-state index in [1.54, 1.807) is 0 Å². The van der Waals surface area contributed by atoms with Gasteiger partial charge in [0.15, 0.2) is 0 Å². The van der Waals surface area contributed by atoms with Gasteiger partial charge in [0.05, 0.1) is 0 Å². The highest BCUT2D eigenvalue weighted by atomic mass is 79.9. The molecule has 2 aromatic rings. The van der Waals surface area contributed by atoms with Gasteiger partial charge in [-0.1, -0.05) is 34.1 Å². The van der Waals surface area contributed by atoms with Crippen LogP contribution in [0.5, 0.6) is 0 Å². The van der Waals surface area contributed by atoms with Crippen LogP contribution in [0.2, 0.25) is 0 Å². The summed E-state index contributed by atoms with van der Waals surface area (Å²) in [7, 11) is 1.94. The fourth-order valence-electron chi connectivity index (χ4n) is 1.72. The van der Waals surface area contributed by atoms with Gasteiger partial charge in [-0.15, -0.1) is 0 Å².